The fourth-order valence-corrected chi connectivity index (χ4v) is 3.86. The summed E-state index contributed by atoms with van der Waals surface area (Å²) in [4.78, 5) is 20.7. The lowest BCUT2D eigenvalue weighted by atomic mass is 10.1. The van der Waals surface area contributed by atoms with E-state index in [0.717, 1.165) is 34.0 Å². The van der Waals surface area contributed by atoms with Gasteiger partial charge in [0.2, 0.25) is 5.91 Å². The summed E-state index contributed by atoms with van der Waals surface area (Å²) in [6.45, 7) is 3.27. The van der Waals surface area contributed by atoms with Gasteiger partial charge in [0.1, 0.15) is 23.7 Å². The Balaban J connectivity index is 1.32. The maximum absolute atomic E-state index is 12.5. The van der Waals surface area contributed by atoms with Crippen LogP contribution in [0.5, 0.6) is 5.75 Å². The van der Waals surface area contributed by atoms with Crippen LogP contribution in [0.15, 0.2) is 54.7 Å². The molecule has 0 unspecified atom stereocenters. The quantitative estimate of drug-likeness (QED) is 0.466. The van der Waals surface area contributed by atoms with Crippen LogP contribution in [0.4, 0.5) is 5.00 Å². The summed E-state index contributed by atoms with van der Waals surface area (Å²) in [5.74, 6) is 1.34. The summed E-state index contributed by atoms with van der Waals surface area (Å²) in [5, 5.41) is 12.5. The van der Waals surface area contributed by atoms with Crippen LogP contribution < -0.4 is 10.1 Å². The molecule has 8 nitrogen and oxygen atoms in total. The number of anilines is 1. The number of aromatic nitrogens is 5. The molecule has 0 aliphatic rings. The zero-order valence-electron chi connectivity index (χ0n) is 15.8. The van der Waals surface area contributed by atoms with Crippen LogP contribution in [0.1, 0.15) is 11.1 Å². The molecule has 0 spiro atoms. The molecular weight excluding hydrogens is 388 g/mol. The average Bonchev–Trinajstić information content (AvgIpc) is 3.46. The molecule has 9 heteroatoms. The van der Waals surface area contributed by atoms with Crippen molar-refractivity contribution < 1.29 is 9.53 Å². The number of aromatic amines is 1. The van der Waals surface area contributed by atoms with Crippen molar-refractivity contribution in [3.05, 3.63) is 65.8 Å². The highest BCUT2D eigenvalue weighted by molar-refractivity contribution is 7.15. The number of ether oxygens (including phenoxy) is 1. The predicted molar refractivity (Wildman–Crippen MR) is 111 cm³/mol. The number of carbonyl (C=O) groups is 1. The number of imidazole rings is 1. The molecule has 1 aromatic carbocycles. The Bertz CT molecular complexity index is 1060. The summed E-state index contributed by atoms with van der Waals surface area (Å²) in [6.07, 6.45) is 7.13. The molecule has 0 fully saturated rings. The highest BCUT2D eigenvalue weighted by Gasteiger charge is 2.16. The summed E-state index contributed by atoms with van der Waals surface area (Å²) in [7, 11) is 0. The van der Waals surface area contributed by atoms with Gasteiger partial charge in [-0.2, -0.15) is 5.10 Å². The highest BCUT2D eigenvalue weighted by atomic mass is 32.1. The smallest absolute Gasteiger partial charge is 0.229 e. The Kier molecular flexibility index (Phi) is 5.66. The predicted octanol–water partition coefficient (Wildman–Crippen LogP) is 3.30. The van der Waals surface area contributed by atoms with Crippen molar-refractivity contribution in [2.45, 2.75) is 19.9 Å². The minimum absolute atomic E-state index is 0.0820. The first kappa shape index (κ1) is 18.9. The number of hydrogen-bond acceptors (Lipinski definition) is 6. The van der Waals surface area contributed by atoms with Gasteiger partial charge in [0.15, 0.2) is 5.82 Å². The molecule has 0 saturated carbocycles. The molecule has 3 heterocycles. The molecular formula is C20H20N6O2S. The number of H-pyrrole nitrogens is 1. The summed E-state index contributed by atoms with van der Waals surface area (Å²) >= 11 is 1.48. The van der Waals surface area contributed by atoms with E-state index in [0.29, 0.717) is 12.4 Å². The Labute approximate surface area is 171 Å². The third-order valence-electron chi connectivity index (χ3n) is 4.35. The van der Waals surface area contributed by atoms with Crippen LogP contribution in [0.3, 0.4) is 0 Å². The second-order valence-electron chi connectivity index (χ2n) is 6.47. The van der Waals surface area contributed by atoms with E-state index in [2.05, 4.69) is 25.5 Å². The van der Waals surface area contributed by atoms with Gasteiger partial charge in [-0.1, -0.05) is 12.1 Å². The molecule has 148 valence electrons. The second-order valence-corrected chi connectivity index (χ2v) is 7.35. The Morgan fingerprint density at radius 3 is 2.90 bits per heavy atom. The number of aryl methyl sites for hydroxylation is 1. The zero-order chi connectivity index (χ0) is 20.1. The van der Waals surface area contributed by atoms with Crippen molar-refractivity contribution >= 4 is 22.2 Å². The number of benzene rings is 1. The van der Waals surface area contributed by atoms with Gasteiger partial charge in [0, 0.05) is 12.4 Å². The maximum Gasteiger partial charge on any atom is 0.229 e. The molecule has 3 aromatic heterocycles. The lowest BCUT2D eigenvalue weighted by molar-refractivity contribution is -0.115. The second kappa shape index (κ2) is 8.70. The number of rotatable bonds is 8. The van der Waals surface area contributed by atoms with E-state index in [-0.39, 0.29) is 12.3 Å². The number of amides is 1. The van der Waals surface area contributed by atoms with Crippen molar-refractivity contribution in [2.24, 2.45) is 0 Å². The van der Waals surface area contributed by atoms with Crippen molar-refractivity contribution in [1.82, 2.24) is 24.7 Å². The van der Waals surface area contributed by atoms with Crippen LogP contribution in [0, 0.1) is 6.92 Å². The minimum Gasteiger partial charge on any atom is -0.492 e. The van der Waals surface area contributed by atoms with Crippen LogP contribution in [0.2, 0.25) is 0 Å². The molecule has 29 heavy (non-hydrogen) atoms. The molecule has 0 radical (unpaired) electrons. The SMILES string of the molecule is Cc1csc(NC(=O)Cc2ccc(OCCn3ccnc3)cc2)c1-c1ncn[nH]1. The maximum atomic E-state index is 12.5. The van der Waals surface area contributed by atoms with E-state index >= 15 is 0 Å². The summed E-state index contributed by atoms with van der Waals surface area (Å²) < 4.78 is 7.69. The molecule has 0 aliphatic carbocycles. The van der Waals surface area contributed by atoms with Crippen molar-refractivity contribution in [1.29, 1.82) is 0 Å². The highest BCUT2D eigenvalue weighted by Crippen LogP contribution is 2.34. The number of thiophene rings is 1. The van der Waals surface area contributed by atoms with Gasteiger partial charge in [0.25, 0.3) is 0 Å². The summed E-state index contributed by atoms with van der Waals surface area (Å²) in [5.41, 5.74) is 2.83. The van der Waals surface area contributed by atoms with Crippen molar-refractivity contribution in [2.75, 3.05) is 11.9 Å². The van der Waals surface area contributed by atoms with Gasteiger partial charge in [0.05, 0.1) is 24.9 Å². The number of nitrogens with one attached hydrogen (secondary N) is 2. The van der Waals surface area contributed by atoms with Gasteiger partial charge in [-0.25, -0.2) is 9.97 Å². The van der Waals surface area contributed by atoms with E-state index < -0.39 is 0 Å². The standard InChI is InChI=1S/C20H20N6O2S/c1-14-11-29-20(18(14)19-22-12-23-25-19)24-17(27)10-15-2-4-16(5-3-15)28-9-8-26-7-6-21-13-26/h2-7,11-13H,8-10H2,1H3,(H,24,27)(H,22,23,25). The first-order chi connectivity index (χ1) is 14.2. The van der Waals surface area contributed by atoms with E-state index in [1.807, 2.05) is 47.3 Å². The molecule has 2 N–H and O–H groups in total. The fourth-order valence-electron chi connectivity index (χ4n) is 2.90. The molecule has 4 rings (SSSR count). The monoisotopic (exact) mass is 408 g/mol. The lowest BCUT2D eigenvalue weighted by Crippen LogP contribution is -2.14. The normalized spacial score (nSPS) is 10.8. The molecule has 0 atom stereocenters. The topological polar surface area (TPSA) is 97.7 Å². The molecule has 4 aromatic rings. The fraction of sp³-hybridized carbons (Fsp3) is 0.200. The molecule has 0 bridgehead atoms. The van der Waals surface area contributed by atoms with Crippen molar-refractivity contribution in [3.63, 3.8) is 0 Å². The Morgan fingerprint density at radius 2 is 2.17 bits per heavy atom. The largest absolute Gasteiger partial charge is 0.492 e. The number of hydrogen-bond donors (Lipinski definition) is 2. The first-order valence-corrected chi connectivity index (χ1v) is 9.98. The van der Waals surface area contributed by atoms with E-state index in [1.165, 1.54) is 17.7 Å². The number of nitrogens with zero attached hydrogens (tertiary/aromatic N) is 4. The first-order valence-electron chi connectivity index (χ1n) is 9.10. The van der Waals surface area contributed by atoms with Gasteiger partial charge in [-0.15, -0.1) is 11.3 Å². The van der Waals surface area contributed by atoms with Crippen LogP contribution >= 0.6 is 11.3 Å². The van der Waals surface area contributed by atoms with Gasteiger partial charge < -0.3 is 14.6 Å². The zero-order valence-corrected chi connectivity index (χ0v) is 16.6. The third-order valence-corrected chi connectivity index (χ3v) is 5.36. The molecule has 0 aliphatic heterocycles. The van der Waals surface area contributed by atoms with E-state index in [1.54, 1.807) is 12.5 Å². The molecule has 0 saturated heterocycles. The molecule has 1 amide bonds. The van der Waals surface area contributed by atoms with Crippen LogP contribution in [0.25, 0.3) is 11.4 Å². The Morgan fingerprint density at radius 1 is 1.31 bits per heavy atom. The van der Waals surface area contributed by atoms with Gasteiger partial charge in [-0.3, -0.25) is 9.89 Å². The van der Waals surface area contributed by atoms with E-state index in [9.17, 15) is 4.79 Å². The van der Waals surface area contributed by atoms with Crippen molar-refractivity contribution in [3.8, 4) is 17.1 Å². The van der Waals surface area contributed by atoms with E-state index in [4.69, 9.17) is 4.74 Å². The van der Waals surface area contributed by atoms with Gasteiger partial charge >= 0.3 is 0 Å². The van der Waals surface area contributed by atoms with Crippen LogP contribution in [-0.2, 0) is 17.8 Å². The Hall–Kier alpha value is -3.46. The average molecular weight is 408 g/mol. The van der Waals surface area contributed by atoms with Gasteiger partial charge in [-0.05, 0) is 35.6 Å². The lowest BCUT2D eigenvalue weighted by Gasteiger charge is -2.08. The van der Waals surface area contributed by atoms with Crippen LogP contribution in [-0.4, -0.2) is 37.2 Å². The minimum atomic E-state index is -0.0820. The third kappa shape index (κ3) is 4.69. The number of carbonyl (C=O) groups excluding carboxylic acids is 1. The summed E-state index contributed by atoms with van der Waals surface area (Å²) in [6, 6.07) is 7.57.